The highest BCUT2D eigenvalue weighted by Gasteiger charge is 2.28. The largest absolute Gasteiger partial charge is 0.412 e. The van der Waals surface area contributed by atoms with Crippen LogP contribution in [0.1, 0.15) is 0 Å². The molecule has 6 aromatic rings. The summed E-state index contributed by atoms with van der Waals surface area (Å²) in [5, 5.41) is 9.55. The zero-order valence-corrected chi connectivity index (χ0v) is 25.1. The van der Waals surface area contributed by atoms with Crippen molar-refractivity contribution in [1.82, 2.24) is 9.97 Å². The lowest BCUT2D eigenvalue weighted by Crippen LogP contribution is -2.21. The number of anilines is 2. The van der Waals surface area contributed by atoms with Gasteiger partial charge in [-0.3, -0.25) is 19.1 Å². The summed E-state index contributed by atoms with van der Waals surface area (Å²) in [6, 6.07) is 45.3. The summed E-state index contributed by atoms with van der Waals surface area (Å²) >= 11 is 0. The molecule has 2 aromatic heterocycles. The Balaban J connectivity index is 0.000000192. The van der Waals surface area contributed by atoms with E-state index in [9.17, 15) is 9.13 Å². The van der Waals surface area contributed by atoms with E-state index in [1.807, 2.05) is 146 Å². The minimum absolute atomic E-state index is 0. The number of rotatable bonds is 8. The van der Waals surface area contributed by atoms with Gasteiger partial charge in [-0.15, -0.1) is 0 Å². The average Bonchev–Trinajstić information content (AvgIpc) is 3.07. The van der Waals surface area contributed by atoms with Gasteiger partial charge in [-0.2, -0.15) is 0 Å². The number of pyridine rings is 2. The Bertz CT molecular complexity index is 1540. The second-order valence-electron chi connectivity index (χ2n) is 9.26. The van der Waals surface area contributed by atoms with Gasteiger partial charge in [0, 0.05) is 57.4 Å². The number of benzene rings is 4. The first-order valence-corrected chi connectivity index (χ1v) is 16.8. The van der Waals surface area contributed by atoms with Gasteiger partial charge in [0.25, 0.3) is 0 Å². The SMILES string of the molecule is O.O=P(Nc1ccncc1)(c1ccccc1)c1ccccc1.O=P(Nc1ccncc1)(c1ccccc1)c1ccccc1. The summed E-state index contributed by atoms with van der Waals surface area (Å²) in [7, 11) is -5.85. The van der Waals surface area contributed by atoms with Crippen molar-refractivity contribution in [3.63, 3.8) is 0 Å². The maximum absolute atomic E-state index is 13.7. The molecule has 0 saturated heterocycles. The maximum atomic E-state index is 13.7. The van der Waals surface area contributed by atoms with E-state index in [4.69, 9.17) is 0 Å². The van der Waals surface area contributed by atoms with Crippen LogP contribution < -0.4 is 31.4 Å². The molecule has 0 amide bonds. The van der Waals surface area contributed by atoms with Crippen LogP contribution in [-0.2, 0) is 9.13 Å². The zero-order valence-electron chi connectivity index (χ0n) is 23.3. The van der Waals surface area contributed by atoms with Crippen LogP contribution in [0.3, 0.4) is 0 Å². The minimum Gasteiger partial charge on any atom is -0.412 e. The van der Waals surface area contributed by atoms with Crippen LogP contribution in [0.2, 0.25) is 0 Å². The lowest BCUT2D eigenvalue weighted by Gasteiger charge is -2.21. The highest BCUT2D eigenvalue weighted by molar-refractivity contribution is 7.80. The van der Waals surface area contributed by atoms with Crippen LogP contribution in [0.15, 0.2) is 170 Å². The van der Waals surface area contributed by atoms with Crippen LogP contribution in [-0.4, -0.2) is 15.4 Å². The Labute approximate surface area is 251 Å². The van der Waals surface area contributed by atoms with E-state index in [1.54, 1.807) is 24.8 Å². The molecule has 0 bridgehead atoms. The molecule has 216 valence electrons. The Hall–Kier alpha value is -4.80. The highest BCUT2D eigenvalue weighted by Crippen LogP contribution is 2.44. The van der Waals surface area contributed by atoms with Gasteiger partial charge in [0.15, 0.2) is 0 Å². The lowest BCUT2D eigenvalue weighted by molar-refractivity contribution is 0.589. The number of nitrogens with zero attached hydrogens (tertiary/aromatic N) is 2. The molecule has 0 spiro atoms. The van der Waals surface area contributed by atoms with Crippen LogP contribution in [0.25, 0.3) is 0 Å². The average molecular weight is 607 g/mol. The Morgan fingerprint density at radius 2 is 0.605 bits per heavy atom. The van der Waals surface area contributed by atoms with Crippen molar-refractivity contribution in [3.05, 3.63) is 170 Å². The molecule has 4 N–H and O–H groups in total. The van der Waals surface area contributed by atoms with Gasteiger partial charge in [0.1, 0.15) is 0 Å². The second-order valence-corrected chi connectivity index (χ2v) is 14.2. The van der Waals surface area contributed by atoms with Crippen molar-refractivity contribution < 1.29 is 14.6 Å². The first-order valence-electron chi connectivity index (χ1n) is 13.4. The zero-order chi connectivity index (χ0) is 29.1. The summed E-state index contributed by atoms with van der Waals surface area (Å²) in [6.45, 7) is 0. The van der Waals surface area contributed by atoms with Gasteiger partial charge < -0.3 is 15.7 Å². The molecule has 0 radical (unpaired) electrons. The molecule has 0 aliphatic rings. The molecule has 0 unspecified atom stereocenters. The molecule has 0 atom stereocenters. The first kappa shape index (κ1) is 31.1. The van der Waals surface area contributed by atoms with Crippen LogP contribution >= 0.6 is 14.6 Å². The molecule has 0 saturated carbocycles. The summed E-state index contributed by atoms with van der Waals surface area (Å²) in [5.41, 5.74) is 1.59. The molecule has 2 heterocycles. The van der Waals surface area contributed by atoms with E-state index in [0.717, 1.165) is 32.6 Å². The van der Waals surface area contributed by atoms with E-state index >= 15 is 0 Å². The van der Waals surface area contributed by atoms with Crippen molar-refractivity contribution in [3.8, 4) is 0 Å². The third kappa shape index (κ3) is 7.73. The van der Waals surface area contributed by atoms with Gasteiger partial charge in [-0.05, 0) is 72.8 Å². The molecule has 9 heteroatoms. The van der Waals surface area contributed by atoms with E-state index < -0.39 is 14.6 Å². The quantitative estimate of drug-likeness (QED) is 0.205. The summed E-state index contributed by atoms with van der Waals surface area (Å²) in [4.78, 5) is 7.98. The minimum atomic E-state index is -2.92. The van der Waals surface area contributed by atoms with E-state index in [1.165, 1.54) is 0 Å². The standard InChI is InChI=1S/2C17H15N2OP.H2O/c2*20-21(16-7-3-1-4-8-16,17-9-5-2-6-10-17)19-15-11-13-18-14-12-15;/h2*1-14H,(H,18,19,20);1H2. The van der Waals surface area contributed by atoms with Crippen molar-refractivity contribution in [2.75, 3.05) is 10.2 Å². The molecule has 0 fully saturated rings. The molecule has 4 aromatic carbocycles. The van der Waals surface area contributed by atoms with Gasteiger partial charge in [-0.25, -0.2) is 0 Å². The van der Waals surface area contributed by atoms with Gasteiger partial charge in [0.2, 0.25) is 14.6 Å². The van der Waals surface area contributed by atoms with E-state index in [2.05, 4.69) is 20.1 Å². The van der Waals surface area contributed by atoms with Gasteiger partial charge in [-0.1, -0.05) is 72.8 Å². The molecular weight excluding hydrogens is 574 g/mol. The third-order valence-electron chi connectivity index (χ3n) is 6.41. The van der Waals surface area contributed by atoms with Gasteiger partial charge >= 0.3 is 0 Å². The number of aromatic nitrogens is 2. The van der Waals surface area contributed by atoms with Gasteiger partial charge in [0.05, 0.1) is 0 Å². The van der Waals surface area contributed by atoms with Crippen molar-refractivity contribution in [2.24, 2.45) is 0 Å². The Morgan fingerprint density at radius 1 is 0.372 bits per heavy atom. The third-order valence-corrected chi connectivity index (χ3v) is 11.7. The predicted molar refractivity (Wildman–Crippen MR) is 179 cm³/mol. The number of nitrogens with one attached hydrogen (secondary N) is 2. The molecule has 7 nitrogen and oxygen atoms in total. The molecular formula is C34H32N4O3P2. The fraction of sp³-hybridized carbons (Fsp3) is 0. The van der Waals surface area contributed by atoms with Crippen molar-refractivity contribution in [2.45, 2.75) is 0 Å². The Morgan fingerprint density at radius 3 is 0.837 bits per heavy atom. The maximum Gasteiger partial charge on any atom is 0.227 e. The summed E-state index contributed by atoms with van der Waals surface area (Å²) < 4.78 is 27.3. The smallest absolute Gasteiger partial charge is 0.227 e. The normalized spacial score (nSPS) is 10.8. The monoisotopic (exact) mass is 606 g/mol. The molecule has 6 rings (SSSR count). The summed E-state index contributed by atoms with van der Waals surface area (Å²) in [6.07, 6.45) is 6.73. The predicted octanol–water partition coefficient (Wildman–Crippen LogP) is 6.02. The lowest BCUT2D eigenvalue weighted by atomic mass is 10.4. The van der Waals surface area contributed by atoms with Crippen LogP contribution in [0.5, 0.6) is 0 Å². The van der Waals surface area contributed by atoms with Crippen molar-refractivity contribution >= 4 is 47.2 Å². The highest BCUT2D eigenvalue weighted by atomic mass is 31.2. The van der Waals surface area contributed by atoms with Crippen LogP contribution in [0, 0.1) is 0 Å². The fourth-order valence-electron chi connectivity index (χ4n) is 4.32. The molecule has 0 aliphatic heterocycles. The Kier molecular flexibility index (Phi) is 10.8. The fourth-order valence-corrected chi connectivity index (χ4v) is 8.83. The first-order chi connectivity index (χ1) is 20.6. The molecule has 43 heavy (non-hydrogen) atoms. The van der Waals surface area contributed by atoms with Crippen molar-refractivity contribution in [1.29, 1.82) is 0 Å². The molecule has 0 aliphatic carbocycles. The second kappa shape index (κ2) is 14.9. The number of hydrogen-bond donors (Lipinski definition) is 2. The van der Waals surface area contributed by atoms with E-state index in [-0.39, 0.29) is 5.48 Å². The topological polar surface area (TPSA) is 115 Å². The number of hydrogen-bond acceptors (Lipinski definition) is 4. The summed E-state index contributed by atoms with van der Waals surface area (Å²) in [5.74, 6) is 0. The van der Waals surface area contributed by atoms with E-state index in [0.29, 0.717) is 0 Å². The van der Waals surface area contributed by atoms with Crippen LogP contribution in [0.4, 0.5) is 11.4 Å².